The fourth-order valence-electron chi connectivity index (χ4n) is 1.17. The normalized spacial score (nSPS) is 10.0. The van der Waals surface area contributed by atoms with Crippen molar-refractivity contribution in [1.29, 1.82) is 0 Å². The third-order valence-electron chi connectivity index (χ3n) is 1.85. The van der Waals surface area contributed by atoms with Gasteiger partial charge in [-0.3, -0.25) is 0 Å². The molecule has 0 N–H and O–H groups in total. The van der Waals surface area contributed by atoms with Crippen molar-refractivity contribution in [2.45, 2.75) is 0 Å². The monoisotopic (exact) mass is 374 g/mol. The predicted molar refractivity (Wildman–Crippen MR) is 73.4 cm³/mol. The van der Waals surface area contributed by atoms with E-state index in [0.717, 1.165) is 16.0 Å². The van der Waals surface area contributed by atoms with Crippen LogP contribution in [0.3, 0.4) is 0 Å². The van der Waals surface area contributed by atoms with E-state index < -0.39 is 0 Å². The quantitative estimate of drug-likeness (QED) is 0.683. The molecule has 0 spiro atoms. The van der Waals surface area contributed by atoms with E-state index in [9.17, 15) is 0 Å². The van der Waals surface area contributed by atoms with Crippen molar-refractivity contribution in [3.63, 3.8) is 0 Å². The Morgan fingerprint density at radius 3 is 2.33 bits per heavy atom. The zero-order valence-corrected chi connectivity index (χ0v) is 11.5. The standard InChI is InChI=1S/C12H8BrIO/c13-9-2-1-3-12(8-9)15-11-6-4-10(14)5-7-11/h1-8H. The highest BCUT2D eigenvalue weighted by Crippen LogP contribution is 2.24. The summed E-state index contributed by atoms with van der Waals surface area (Å²) in [6.07, 6.45) is 0. The molecular formula is C12H8BrIO. The largest absolute Gasteiger partial charge is 0.457 e. The molecule has 0 fully saturated rings. The first kappa shape index (κ1) is 11.0. The molecule has 0 aliphatic carbocycles. The first-order chi connectivity index (χ1) is 7.24. The lowest BCUT2D eigenvalue weighted by Crippen LogP contribution is -1.83. The van der Waals surface area contributed by atoms with Crippen LogP contribution in [0.4, 0.5) is 0 Å². The number of halogens is 2. The minimum Gasteiger partial charge on any atom is -0.457 e. The van der Waals surface area contributed by atoms with E-state index in [1.807, 2.05) is 48.5 Å². The fraction of sp³-hybridized carbons (Fsp3) is 0. The Bertz CT molecular complexity index is 453. The van der Waals surface area contributed by atoms with Crippen LogP contribution in [0, 0.1) is 3.57 Å². The fourth-order valence-corrected chi connectivity index (χ4v) is 1.91. The summed E-state index contributed by atoms with van der Waals surface area (Å²) in [5, 5.41) is 0. The van der Waals surface area contributed by atoms with E-state index in [2.05, 4.69) is 38.5 Å². The third kappa shape index (κ3) is 3.21. The number of ether oxygens (including phenoxy) is 1. The highest BCUT2D eigenvalue weighted by Gasteiger charge is 1.97. The summed E-state index contributed by atoms with van der Waals surface area (Å²) in [6.45, 7) is 0. The van der Waals surface area contributed by atoms with Crippen LogP contribution in [0.15, 0.2) is 53.0 Å². The number of hydrogen-bond acceptors (Lipinski definition) is 1. The van der Waals surface area contributed by atoms with Gasteiger partial charge in [0.25, 0.3) is 0 Å². The summed E-state index contributed by atoms with van der Waals surface area (Å²) in [6, 6.07) is 15.8. The lowest BCUT2D eigenvalue weighted by Gasteiger charge is -2.05. The summed E-state index contributed by atoms with van der Waals surface area (Å²) >= 11 is 5.68. The molecule has 0 bridgehead atoms. The van der Waals surface area contributed by atoms with Crippen molar-refractivity contribution in [3.05, 3.63) is 56.6 Å². The third-order valence-corrected chi connectivity index (χ3v) is 3.06. The van der Waals surface area contributed by atoms with Gasteiger partial charge in [0.1, 0.15) is 11.5 Å². The first-order valence-corrected chi connectivity index (χ1v) is 6.30. The van der Waals surface area contributed by atoms with Gasteiger partial charge < -0.3 is 4.74 Å². The van der Waals surface area contributed by atoms with Crippen LogP contribution in [0.25, 0.3) is 0 Å². The molecule has 0 saturated heterocycles. The molecular weight excluding hydrogens is 367 g/mol. The topological polar surface area (TPSA) is 9.23 Å². The minimum absolute atomic E-state index is 0.839. The van der Waals surface area contributed by atoms with Crippen LogP contribution in [-0.2, 0) is 0 Å². The zero-order chi connectivity index (χ0) is 10.7. The molecule has 0 unspecified atom stereocenters. The van der Waals surface area contributed by atoms with Crippen molar-refractivity contribution in [2.75, 3.05) is 0 Å². The van der Waals surface area contributed by atoms with Gasteiger partial charge >= 0.3 is 0 Å². The van der Waals surface area contributed by atoms with E-state index in [4.69, 9.17) is 4.74 Å². The summed E-state index contributed by atoms with van der Waals surface area (Å²) in [5.74, 6) is 1.69. The number of rotatable bonds is 2. The van der Waals surface area contributed by atoms with Crippen molar-refractivity contribution < 1.29 is 4.74 Å². The molecule has 2 aromatic rings. The molecule has 0 heterocycles. The van der Waals surface area contributed by atoms with Crippen LogP contribution >= 0.6 is 38.5 Å². The molecule has 0 atom stereocenters. The Morgan fingerprint density at radius 1 is 0.933 bits per heavy atom. The minimum atomic E-state index is 0.839. The van der Waals surface area contributed by atoms with Gasteiger partial charge in [0, 0.05) is 8.04 Å². The molecule has 0 aliphatic heterocycles. The molecule has 0 aromatic heterocycles. The van der Waals surface area contributed by atoms with Crippen LogP contribution in [-0.4, -0.2) is 0 Å². The molecule has 2 rings (SSSR count). The van der Waals surface area contributed by atoms with Gasteiger partial charge in [0.05, 0.1) is 0 Å². The van der Waals surface area contributed by atoms with Crippen molar-refractivity contribution in [1.82, 2.24) is 0 Å². The van der Waals surface area contributed by atoms with E-state index in [-0.39, 0.29) is 0 Å². The molecule has 0 saturated carbocycles. The van der Waals surface area contributed by atoms with Gasteiger partial charge in [-0.25, -0.2) is 0 Å². The van der Waals surface area contributed by atoms with Gasteiger partial charge in [-0.15, -0.1) is 0 Å². The summed E-state index contributed by atoms with van der Waals surface area (Å²) in [4.78, 5) is 0. The van der Waals surface area contributed by atoms with Crippen molar-refractivity contribution in [3.8, 4) is 11.5 Å². The van der Waals surface area contributed by atoms with Crippen LogP contribution < -0.4 is 4.74 Å². The molecule has 0 radical (unpaired) electrons. The van der Waals surface area contributed by atoms with Gasteiger partial charge in [-0.1, -0.05) is 22.0 Å². The maximum atomic E-state index is 5.68. The number of benzene rings is 2. The Morgan fingerprint density at radius 2 is 1.67 bits per heavy atom. The Kier molecular flexibility index (Phi) is 3.64. The van der Waals surface area contributed by atoms with Gasteiger partial charge in [-0.2, -0.15) is 0 Å². The smallest absolute Gasteiger partial charge is 0.128 e. The molecule has 0 aliphatic rings. The highest BCUT2D eigenvalue weighted by molar-refractivity contribution is 14.1. The van der Waals surface area contributed by atoms with Gasteiger partial charge in [0.15, 0.2) is 0 Å². The maximum absolute atomic E-state index is 5.68. The average molecular weight is 375 g/mol. The Hall–Kier alpha value is -0.550. The Balaban J connectivity index is 2.18. The van der Waals surface area contributed by atoms with Crippen molar-refractivity contribution in [2.24, 2.45) is 0 Å². The molecule has 15 heavy (non-hydrogen) atoms. The average Bonchev–Trinajstić information content (AvgIpc) is 2.22. The highest BCUT2D eigenvalue weighted by atomic mass is 127. The zero-order valence-electron chi connectivity index (χ0n) is 7.78. The van der Waals surface area contributed by atoms with E-state index in [1.54, 1.807) is 0 Å². The van der Waals surface area contributed by atoms with Crippen LogP contribution in [0.5, 0.6) is 11.5 Å². The van der Waals surface area contributed by atoms with Crippen LogP contribution in [0.2, 0.25) is 0 Å². The molecule has 76 valence electrons. The SMILES string of the molecule is Brc1cccc(Oc2ccc(I)cc2)c1. The molecule has 1 nitrogen and oxygen atoms in total. The maximum Gasteiger partial charge on any atom is 0.128 e. The lowest BCUT2D eigenvalue weighted by atomic mass is 10.3. The second-order valence-electron chi connectivity index (χ2n) is 3.01. The molecule has 3 heteroatoms. The van der Waals surface area contributed by atoms with Crippen LogP contribution in [0.1, 0.15) is 0 Å². The Labute approximate surface area is 111 Å². The molecule has 2 aromatic carbocycles. The van der Waals surface area contributed by atoms with Gasteiger partial charge in [-0.05, 0) is 65.1 Å². The molecule has 0 amide bonds. The lowest BCUT2D eigenvalue weighted by molar-refractivity contribution is 0.482. The summed E-state index contributed by atoms with van der Waals surface area (Å²) < 4.78 is 7.90. The second-order valence-corrected chi connectivity index (χ2v) is 5.17. The summed E-state index contributed by atoms with van der Waals surface area (Å²) in [7, 11) is 0. The number of hydrogen-bond donors (Lipinski definition) is 0. The second kappa shape index (κ2) is 4.99. The van der Waals surface area contributed by atoms with E-state index in [0.29, 0.717) is 0 Å². The van der Waals surface area contributed by atoms with E-state index >= 15 is 0 Å². The summed E-state index contributed by atoms with van der Waals surface area (Å²) in [5.41, 5.74) is 0. The van der Waals surface area contributed by atoms with Crippen molar-refractivity contribution >= 4 is 38.5 Å². The van der Waals surface area contributed by atoms with Gasteiger partial charge in [0.2, 0.25) is 0 Å². The first-order valence-electron chi connectivity index (χ1n) is 4.43. The van der Waals surface area contributed by atoms with E-state index in [1.165, 1.54) is 3.57 Å². The predicted octanol–water partition coefficient (Wildman–Crippen LogP) is 4.85.